The summed E-state index contributed by atoms with van der Waals surface area (Å²) in [4.78, 5) is 57.3. The molecule has 0 spiro atoms. The number of ether oxygens (including phenoxy) is 2. The van der Waals surface area contributed by atoms with Crippen LogP contribution >= 0.6 is 0 Å². The number of nitrogens with one attached hydrogen (secondary N) is 3. The number of benzene rings is 3. The van der Waals surface area contributed by atoms with Crippen LogP contribution in [0.5, 0.6) is 11.5 Å². The van der Waals surface area contributed by atoms with Crippen LogP contribution in [0.3, 0.4) is 0 Å². The molecule has 0 saturated carbocycles. The molecule has 274 valence electrons. The monoisotopic (exact) mass is 709 g/mol. The molecule has 2 heterocycles. The van der Waals surface area contributed by atoms with E-state index in [2.05, 4.69) is 21.1 Å². The fourth-order valence-corrected chi connectivity index (χ4v) is 6.41. The number of carbonyl (C=O) groups is 4. The van der Waals surface area contributed by atoms with Crippen molar-refractivity contribution < 1.29 is 33.2 Å². The lowest BCUT2D eigenvalue weighted by Crippen LogP contribution is -2.54. The Kier molecular flexibility index (Phi) is 12.7. The summed E-state index contributed by atoms with van der Waals surface area (Å²) in [6, 6.07) is 20.1. The second-order valence-corrected chi connectivity index (χ2v) is 13.4. The Bertz CT molecular complexity index is 1860. The van der Waals surface area contributed by atoms with Crippen molar-refractivity contribution in [2.24, 2.45) is 5.92 Å². The van der Waals surface area contributed by atoms with Crippen LogP contribution in [0.25, 0.3) is 11.3 Å². The summed E-state index contributed by atoms with van der Waals surface area (Å²) in [6.07, 6.45) is 1.76. The highest BCUT2D eigenvalue weighted by atomic mass is 16.5. The van der Waals surface area contributed by atoms with Crippen molar-refractivity contribution in [1.29, 1.82) is 0 Å². The van der Waals surface area contributed by atoms with Crippen LogP contribution < -0.4 is 25.4 Å². The summed E-state index contributed by atoms with van der Waals surface area (Å²) in [6.45, 7) is 5.79. The minimum atomic E-state index is -0.964. The van der Waals surface area contributed by atoms with Gasteiger partial charge in [0.25, 0.3) is 11.8 Å². The van der Waals surface area contributed by atoms with Gasteiger partial charge in [-0.25, -0.2) is 0 Å². The first-order valence-electron chi connectivity index (χ1n) is 17.5. The fourth-order valence-electron chi connectivity index (χ4n) is 6.41. The van der Waals surface area contributed by atoms with Gasteiger partial charge in [-0.2, -0.15) is 0 Å². The molecule has 0 fully saturated rings. The Labute approximate surface area is 304 Å². The zero-order chi connectivity index (χ0) is 37.2. The molecular weight excluding hydrogens is 662 g/mol. The normalized spacial score (nSPS) is 17.5. The third-order valence-electron chi connectivity index (χ3n) is 9.00. The number of nitrogens with zero attached hydrogens (tertiary/aromatic N) is 2. The number of fused-ring (bicyclic) bond motifs is 2. The highest BCUT2D eigenvalue weighted by molar-refractivity contribution is 6.02. The van der Waals surface area contributed by atoms with Crippen LogP contribution in [0.2, 0.25) is 0 Å². The van der Waals surface area contributed by atoms with Gasteiger partial charge in [0.15, 0.2) is 0 Å². The van der Waals surface area contributed by atoms with Gasteiger partial charge in [-0.15, -0.1) is 0 Å². The maximum Gasteiger partial charge on any atom is 0.260 e. The Balaban J connectivity index is 1.52. The zero-order valence-corrected chi connectivity index (χ0v) is 30.4. The van der Waals surface area contributed by atoms with E-state index < -0.39 is 29.8 Å². The molecule has 0 unspecified atom stereocenters. The molecule has 0 aliphatic carbocycles. The van der Waals surface area contributed by atoms with E-state index in [0.717, 1.165) is 11.1 Å². The van der Waals surface area contributed by atoms with E-state index in [1.165, 1.54) is 4.90 Å². The topological polar surface area (TPSA) is 152 Å². The quantitative estimate of drug-likeness (QED) is 0.237. The van der Waals surface area contributed by atoms with E-state index in [9.17, 15) is 19.2 Å². The summed E-state index contributed by atoms with van der Waals surface area (Å²) < 4.78 is 16.4. The van der Waals surface area contributed by atoms with Crippen LogP contribution in [0.1, 0.15) is 64.3 Å². The van der Waals surface area contributed by atoms with Crippen molar-refractivity contribution in [3.8, 4) is 22.8 Å². The molecular formula is C40H47N5O7. The molecule has 2 atom stereocenters. The van der Waals surface area contributed by atoms with Gasteiger partial charge >= 0.3 is 0 Å². The van der Waals surface area contributed by atoms with Crippen molar-refractivity contribution in [2.45, 2.75) is 58.5 Å². The van der Waals surface area contributed by atoms with E-state index in [1.54, 1.807) is 51.5 Å². The molecule has 4 aromatic rings. The number of carbonyl (C=O) groups excluding carboxylic acids is 4. The standard InChI is InChI=1S/C40H47N5O7/c1-25(2)20-31-23-45(40(49)36-26(3)52-44-37(36)28-10-7-6-8-11-28)24-35(46)41-19-9-12-29-22-30(15-18-34(29)51-5)38(47)43-33(39(48)42-31)21-27-13-16-32(50-4)17-14-27/h6-8,10-11,13-18,22,25,31,33H,9,12,19-21,23-24H2,1-5H3,(H,41,46)(H,42,48)(H,43,47)/t31-,33-/m0/s1. The smallest absolute Gasteiger partial charge is 0.260 e. The molecule has 1 aliphatic rings. The van der Waals surface area contributed by atoms with E-state index in [-0.39, 0.29) is 36.9 Å². The SMILES string of the molecule is COc1ccc(C[C@@H]2NC(=O)c3ccc(OC)c(c3)CCCNC(=O)CN(C(=O)c3c(-c4ccccc4)noc3C)C[C@H](CC(C)C)NC2=O)cc1. The van der Waals surface area contributed by atoms with Gasteiger partial charge in [-0.05, 0) is 73.6 Å². The predicted molar refractivity (Wildman–Crippen MR) is 196 cm³/mol. The lowest BCUT2D eigenvalue weighted by atomic mass is 10.00. The number of amides is 4. The van der Waals surface area contributed by atoms with Gasteiger partial charge in [0, 0.05) is 36.7 Å². The molecule has 1 aromatic heterocycles. The molecule has 3 aromatic carbocycles. The minimum Gasteiger partial charge on any atom is -0.497 e. The number of aryl methyl sites for hydroxylation is 2. The maximum absolute atomic E-state index is 14.4. The highest BCUT2D eigenvalue weighted by Crippen LogP contribution is 2.27. The van der Waals surface area contributed by atoms with Crippen LogP contribution in [-0.2, 0) is 22.4 Å². The van der Waals surface area contributed by atoms with Crippen LogP contribution in [-0.4, -0.2) is 79.6 Å². The van der Waals surface area contributed by atoms with Crippen LogP contribution in [0.15, 0.2) is 77.3 Å². The largest absolute Gasteiger partial charge is 0.497 e. The van der Waals surface area contributed by atoms with Crippen LogP contribution in [0.4, 0.5) is 0 Å². The molecule has 12 heteroatoms. The van der Waals surface area contributed by atoms with Gasteiger partial charge in [0.05, 0.1) is 20.8 Å². The van der Waals surface area contributed by atoms with E-state index in [1.807, 2.05) is 56.3 Å². The van der Waals surface area contributed by atoms with E-state index in [4.69, 9.17) is 14.0 Å². The van der Waals surface area contributed by atoms with Crippen molar-refractivity contribution in [1.82, 2.24) is 26.0 Å². The highest BCUT2D eigenvalue weighted by Gasteiger charge is 2.32. The number of aromatic nitrogens is 1. The predicted octanol–water partition coefficient (Wildman–Crippen LogP) is 4.74. The third kappa shape index (κ3) is 9.56. The molecule has 52 heavy (non-hydrogen) atoms. The first-order chi connectivity index (χ1) is 25.1. The molecule has 12 nitrogen and oxygen atoms in total. The molecule has 4 amide bonds. The number of methoxy groups -OCH3 is 2. The zero-order valence-electron chi connectivity index (χ0n) is 30.4. The van der Waals surface area contributed by atoms with Crippen molar-refractivity contribution in [3.63, 3.8) is 0 Å². The van der Waals surface area contributed by atoms with E-state index in [0.29, 0.717) is 59.9 Å². The average molecular weight is 710 g/mol. The van der Waals surface area contributed by atoms with Crippen molar-refractivity contribution in [3.05, 3.63) is 101 Å². The molecule has 0 saturated heterocycles. The lowest BCUT2D eigenvalue weighted by Gasteiger charge is -2.30. The van der Waals surface area contributed by atoms with Gasteiger partial charge < -0.3 is 34.8 Å². The number of hydrogen-bond acceptors (Lipinski definition) is 8. The summed E-state index contributed by atoms with van der Waals surface area (Å²) >= 11 is 0. The van der Waals surface area contributed by atoms with Gasteiger partial charge in [-0.3, -0.25) is 19.2 Å². The Hall–Kier alpha value is -5.65. The number of rotatable bonds is 8. The van der Waals surface area contributed by atoms with Gasteiger partial charge in [-0.1, -0.05) is 61.5 Å². The summed E-state index contributed by atoms with van der Waals surface area (Å²) in [5.41, 5.74) is 3.29. The second kappa shape index (κ2) is 17.5. The second-order valence-electron chi connectivity index (χ2n) is 13.4. The molecule has 1 aliphatic heterocycles. The summed E-state index contributed by atoms with van der Waals surface area (Å²) in [5.74, 6) is 0.0840. The van der Waals surface area contributed by atoms with Crippen LogP contribution in [0, 0.1) is 12.8 Å². The summed E-state index contributed by atoms with van der Waals surface area (Å²) in [5, 5.41) is 13.2. The molecule has 3 N–H and O–H groups in total. The first-order valence-corrected chi connectivity index (χ1v) is 17.5. The number of hydrogen-bond donors (Lipinski definition) is 3. The third-order valence-corrected chi connectivity index (χ3v) is 9.00. The molecule has 0 radical (unpaired) electrons. The Morgan fingerprint density at radius 2 is 1.71 bits per heavy atom. The molecule has 5 rings (SSSR count). The minimum absolute atomic E-state index is 0.0240. The maximum atomic E-state index is 14.4. The molecule has 2 bridgehead atoms. The van der Waals surface area contributed by atoms with Gasteiger partial charge in [0.1, 0.15) is 34.6 Å². The Morgan fingerprint density at radius 3 is 2.40 bits per heavy atom. The van der Waals surface area contributed by atoms with Gasteiger partial charge in [0.2, 0.25) is 11.8 Å². The van der Waals surface area contributed by atoms with Crippen molar-refractivity contribution >= 4 is 23.6 Å². The van der Waals surface area contributed by atoms with E-state index >= 15 is 0 Å². The summed E-state index contributed by atoms with van der Waals surface area (Å²) in [7, 11) is 3.14. The first kappa shape index (κ1) is 37.6. The average Bonchev–Trinajstić information content (AvgIpc) is 3.53. The fraction of sp³-hybridized carbons (Fsp3) is 0.375. The lowest BCUT2D eigenvalue weighted by molar-refractivity contribution is -0.123. The van der Waals surface area contributed by atoms with Crippen molar-refractivity contribution in [2.75, 3.05) is 33.9 Å². The Morgan fingerprint density at radius 1 is 0.962 bits per heavy atom.